The van der Waals surface area contributed by atoms with E-state index >= 15 is 0 Å². The van der Waals surface area contributed by atoms with Crippen LogP contribution in [0.1, 0.15) is 53.6 Å². The van der Waals surface area contributed by atoms with Gasteiger partial charge in [0.25, 0.3) is 5.91 Å². The normalized spacial score (nSPS) is 11.5. The second-order valence-corrected chi connectivity index (χ2v) is 7.78. The van der Waals surface area contributed by atoms with Gasteiger partial charge in [0.05, 0.1) is 19.1 Å². The number of carbonyl (C=O) groups excluding carboxylic acids is 1. The number of hydrogen-bond acceptors (Lipinski definition) is 4. The van der Waals surface area contributed by atoms with Gasteiger partial charge in [-0.2, -0.15) is 0 Å². The summed E-state index contributed by atoms with van der Waals surface area (Å²) in [5.74, 6) is 0.648. The standard InChI is InChI=1S/C27H29NO5/c1-3-7-20(17-26(29)30)21-12-15-25(32-2)24(16-21)27(31)28-18-19-10-13-23(14-11-19)33-22-8-5-4-6-9-22/h4-6,8-16,20H,3,7,17-18H2,1-2H3,(H,28,31)(H,29,30). The lowest BCUT2D eigenvalue weighted by Crippen LogP contribution is -2.23. The van der Waals surface area contributed by atoms with Gasteiger partial charge in [0.15, 0.2) is 0 Å². The van der Waals surface area contributed by atoms with Gasteiger partial charge in [0.1, 0.15) is 17.2 Å². The van der Waals surface area contributed by atoms with Crippen molar-refractivity contribution in [2.75, 3.05) is 7.11 Å². The molecule has 6 nitrogen and oxygen atoms in total. The van der Waals surface area contributed by atoms with Gasteiger partial charge in [-0.15, -0.1) is 0 Å². The number of benzene rings is 3. The summed E-state index contributed by atoms with van der Waals surface area (Å²) in [4.78, 5) is 24.2. The van der Waals surface area contributed by atoms with Gasteiger partial charge in [-0.05, 0) is 59.9 Å². The van der Waals surface area contributed by atoms with E-state index in [-0.39, 0.29) is 18.2 Å². The summed E-state index contributed by atoms with van der Waals surface area (Å²) in [6.45, 7) is 2.35. The minimum atomic E-state index is -0.852. The lowest BCUT2D eigenvalue weighted by molar-refractivity contribution is -0.137. The molecule has 1 amide bonds. The van der Waals surface area contributed by atoms with Crippen LogP contribution in [0, 0.1) is 0 Å². The van der Waals surface area contributed by atoms with E-state index < -0.39 is 5.97 Å². The van der Waals surface area contributed by atoms with Crippen LogP contribution in [0.2, 0.25) is 0 Å². The third kappa shape index (κ3) is 6.84. The SMILES string of the molecule is CCCC(CC(=O)O)c1ccc(OC)c(C(=O)NCc2ccc(Oc3ccccc3)cc2)c1. The van der Waals surface area contributed by atoms with Gasteiger partial charge >= 0.3 is 5.97 Å². The average Bonchev–Trinajstić information content (AvgIpc) is 2.83. The first-order chi connectivity index (χ1) is 16.0. The Labute approximate surface area is 194 Å². The molecule has 33 heavy (non-hydrogen) atoms. The van der Waals surface area contributed by atoms with Crippen LogP contribution < -0.4 is 14.8 Å². The van der Waals surface area contributed by atoms with Crippen molar-refractivity contribution in [2.24, 2.45) is 0 Å². The van der Waals surface area contributed by atoms with E-state index in [4.69, 9.17) is 9.47 Å². The van der Waals surface area contributed by atoms with Crippen molar-refractivity contribution in [2.45, 2.75) is 38.6 Å². The lowest BCUT2D eigenvalue weighted by Gasteiger charge is -2.17. The molecule has 0 spiro atoms. The molecule has 0 heterocycles. The van der Waals surface area contributed by atoms with Crippen molar-refractivity contribution in [3.8, 4) is 17.2 Å². The summed E-state index contributed by atoms with van der Waals surface area (Å²) in [7, 11) is 1.51. The number of methoxy groups -OCH3 is 1. The van der Waals surface area contributed by atoms with Gasteiger partial charge in [-0.25, -0.2) is 0 Å². The van der Waals surface area contributed by atoms with Crippen molar-refractivity contribution in [3.63, 3.8) is 0 Å². The zero-order valence-corrected chi connectivity index (χ0v) is 18.9. The van der Waals surface area contributed by atoms with E-state index in [0.29, 0.717) is 23.6 Å². The Morgan fingerprint density at radius 3 is 2.30 bits per heavy atom. The highest BCUT2D eigenvalue weighted by Crippen LogP contribution is 2.29. The van der Waals surface area contributed by atoms with Crippen LogP contribution in [-0.4, -0.2) is 24.1 Å². The molecule has 0 aliphatic heterocycles. The Kier molecular flexibility index (Phi) is 8.47. The van der Waals surface area contributed by atoms with Crippen LogP contribution in [-0.2, 0) is 11.3 Å². The number of ether oxygens (including phenoxy) is 2. The molecule has 0 fully saturated rings. The molecular formula is C27H29NO5. The van der Waals surface area contributed by atoms with Crippen LogP contribution in [0.3, 0.4) is 0 Å². The molecule has 0 radical (unpaired) electrons. The Morgan fingerprint density at radius 1 is 0.970 bits per heavy atom. The topological polar surface area (TPSA) is 84.9 Å². The molecule has 3 aromatic rings. The fraction of sp³-hybridized carbons (Fsp3) is 0.259. The Morgan fingerprint density at radius 2 is 1.67 bits per heavy atom. The van der Waals surface area contributed by atoms with Gasteiger partial charge in [-0.3, -0.25) is 9.59 Å². The maximum Gasteiger partial charge on any atom is 0.303 e. The van der Waals surface area contributed by atoms with Gasteiger partial charge in [0, 0.05) is 6.54 Å². The maximum absolute atomic E-state index is 12.9. The number of carboxylic acid groups (broad SMARTS) is 1. The number of para-hydroxylation sites is 1. The number of nitrogens with one attached hydrogen (secondary N) is 1. The van der Waals surface area contributed by atoms with Crippen LogP contribution in [0.5, 0.6) is 17.2 Å². The number of rotatable bonds is 11. The number of aliphatic carboxylic acids is 1. The number of amides is 1. The van der Waals surface area contributed by atoms with Crippen LogP contribution in [0.25, 0.3) is 0 Å². The molecule has 2 N–H and O–H groups in total. The first-order valence-corrected chi connectivity index (χ1v) is 11.0. The van der Waals surface area contributed by atoms with Crippen molar-refractivity contribution in [1.82, 2.24) is 5.32 Å². The molecule has 6 heteroatoms. The molecule has 0 aliphatic rings. The molecule has 0 aliphatic carbocycles. The van der Waals surface area contributed by atoms with E-state index in [2.05, 4.69) is 5.32 Å². The van der Waals surface area contributed by atoms with Crippen molar-refractivity contribution in [3.05, 3.63) is 89.5 Å². The van der Waals surface area contributed by atoms with Gasteiger partial charge in [-0.1, -0.05) is 49.7 Å². The predicted molar refractivity (Wildman–Crippen MR) is 127 cm³/mol. The molecule has 0 saturated heterocycles. The molecule has 3 rings (SSSR count). The summed E-state index contributed by atoms with van der Waals surface area (Å²) in [6, 6.07) is 22.3. The first-order valence-electron chi connectivity index (χ1n) is 11.0. The molecule has 3 aromatic carbocycles. The highest BCUT2D eigenvalue weighted by atomic mass is 16.5. The number of carbonyl (C=O) groups is 2. The molecule has 0 aromatic heterocycles. The largest absolute Gasteiger partial charge is 0.496 e. The van der Waals surface area contributed by atoms with E-state index in [1.54, 1.807) is 12.1 Å². The minimum absolute atomic E-state index is 0.0264. The van der Waals surface area contributed by atoms with Crippen LogP contribution in [0.15, 0.2) is 72.8 Å². The van der Waals surface area contributed by atoms with Crippen molar-refractivity contribution >= 4 is 11.9 Å². The Hall–Kier alpha value is -3.80. The van der Waals surface area contributed by atoms with Gasteiger partial charge in [0.2, 0.25) is 0 Å². The smallest absolute Gasteiger partial charge is 0.303 e. The molecule has 0 saturated carbocycles. The second-order valence-electron chi connectivity index (χ2n) is 7.78. The lowest BCUT2D eigenvalue weighted by atomic mass is 9.90. The second kappa shape index (κ2) is 11.7. The quantitative estimate of drug-likeness (QED) is 0.389. The maximum atomic E-state index is 12.9. The molecule has 1 atom stereocenters. The first kappa shape index (κ1) is 23.9. The summed E-state index contributed by atoms with van der Waals surface area (Å²) in [5.41, 5.74) is 2.15. The monoisotopic (exact) mass is 447 g/mol. The number of carboxylic acids is 1. The zero-order chi connectivity index (χ0) is 23.6. The highest BCUT2D eigenvalue weighted by Gasteiger charge is 2.19. The fourth-order valence-corrected chi connectivity index (χ4v) is 3.68. The van der Waals surface area contributed by atoms with E-state index in [0.717, 1.165) is 29.7 Å². The fourth-order valence-electron chi connectivity index (χ4n) is 3.68. The third-order valence-corrected chi connectivity index (χ3v) is 5.35. The van der Waals surface area contributed by atoms with Crippen molar-refractivity contribution in [1.29, 1.82) is 0 Å². The van der Waals surface area contributed by atoms with Crippen molar-refractivity contribution < 1.29 is 24.2 Å². The summed E-state index contributed by atoms with van der Waals surface area (Å²) in [6.07, 6.45) is 1.62. The summed E-state index contributed by atoms with van der Waals surface area (Å²) in [5, 5.41) is 12.2. The molecule has 1 unspecified atom stereocenters. The highest BCUT2D eigenvalue weighted by molar-refractivity contribution is 5.97. The predicted octanol–water partition coefficient (Wildman–Crippen LogP) is 5.78. The Bertz CT molecular complexity index is 1060. The van der Waals surface area contributed by atoms with Crippen LogP contribution >= 0.6 is 0 Å². The van der Waals surface area contributed by atoms with Crippen LogP contribution in [0.4, 0.5) is 0 Å². The molecular weight excluding hydrogens is 418 g/mol. The van der Waals surface area contributed by atoms with E-state index in [1.807, 2.05) is 67.6 Å². The van der Waals surface area contributed by atoms with Gasteiger partial charge < -0.3 is 19.9 Å². The number of hydrogen-bond donors (Lipinski definition) is 2. The summed E-state index contributed by atoms with van der Waals surface area (Å²) >= 11 is 0. The van der Waals surface area contributed by atoms with E-state index in [9.17, 15) is 14.7 Å². The molecule has 172 valence electrons. The molecule has 0 bridgehead atoms. The Balaban J connectivity index is 1.68. The minimum Gasteiger partial charge on any atom is -0.496 e. The zero-order valence-electron chi connectivity index (χ0n) is 18.9. The summed E-state index contributed by atoms with van der Waals surface area (Å²) < 4.78 is 11.2. The average molecular weight is 448 g/mol. The van der Waals surface area contributed by atoms with E-state index in [1.165, 1.54) is 7.11 Å². The third-order valence-electron chi connectivity index (χ3n) is 5.35.